The van der Waals surface area contributed by atoms with Crippen LogP contribution in [0.4, 0.5) is 5.69 Å². The second-order valence-electron chi connectivity index (χ2n) is 5.83. The smallest absolute Gasteiger partial charge is 0.0762 e. The van der Waals surface area contributed by atoms with Crippen molar-refractivity contribution in [2.45, 2.75) is 51.7 Å². The van der Waals surface area contributed by atoms with Crippen molar-refractivity contribution in [3.8, 4) is 0 Å². The van der Waals surface area contributed by atoms with Crippen molar-refractivity contribution in [1.82, 2.24) is 0 Å². The average Bonchev–Trinajstić information content (AvgIpc) is 2.38. The molecule has 1 aliphatic rings. The largest absolute Gasteiger partial charge is 0.389 e. The Morgan fingerprint density at radius 2 is 2.00 bits per heavy atom. The van der Waals surface area contributed by atoms with E-state index in [9.17, 15) is 5.11 Å². The zero-order valence-corrected chi connectivity index (χ0v) is 12.8. The van der Waals surface area contributed by atoms with Crippen LogP contribution in [-0.2, 0) is 0 Å². The Morgan fingerprint density at radius 3 is 2.58 bits per heavy atom. The third kappa shape index (κ3) is 3.24. The van der Waals surface area contributed by atoms with E-state index in [-0.39, 0.29) is 0 Å². The van der Waals surface area contributed by atoms with E-state index in [2.05, 4.69) is 18.9 Å². The first kappa shape index (κ1) is 14.7. The Bertz CT molecular complexity index is 433. The molecular weight excluding hydrogens is 258 g/mol. The summed E-state index contributed by atoms with van der Waals surface area (Å²) in [5, 5.41) is 10.3. The standard InChI is InChI=1S/C16H24ClNO/c1-11-6-4-5-7-15(11)18(3)16-9-8-13(12(2)19)10-14(16)17/h8-12,15,19H,4-7H2,1-3H3/t11?,12-,15?/m1/s1. The fraction of sp³-hybridized carbons (Fsp3) is 0.625. The molecule has 1 fully saturated rings. The van der Waals surface area contributed by atoms with Gasteiger partial charge in [0.1, 0.15) is 0 Å². The van der Waals surface area contributed by atoms with E-state index in [4.69, 9.17) is 11.6 Å². The van der Waals surface area contributed by atoms with Gasteiger partial charge in [-0.05, 0) is 43.4 Å². The highest BCUT2D eigenvalue weighted by molar-refractivity contribution is 6.33. The summed E-state index contributed by atoms with van der Waals surface area (Å²) in [5.74, 6) is 0.714. The van der Waals surface area contributed by atoms with Crippen LogP contribution in [0.2, 0.25) is 5.02 Å². The number of aliphatic hydroxyl groups excluding tert-OH is 1. The van der Waals surface area contributed by atoms with Crippen LogP contribution < -0.4 is 4.90 Å². The van der Waals surface area contributed by atoms with E-state index in [0.717, 1.165) is 16.3 Å². The molecule has 1 aromatic carbocycles. The Hall–Kier alpha value is -0.730. The minimum atomic E-state index is -0.467. The lowest BCUT2D eigenvalue weighted by Crippen LogP contribution is -2.39. The van der Waals surface area contributed by atoms with Gasteiger partial charge in [-0.1, -0.05) is 37.4 Å². The summed E-state index contributed by atoms with van der Waals surface area (Å²) in [6.45, 7) is 4.09. The molecule has 1 saturated carbocycles. The molecule has 3 heteroatoms. The molecule has 19 heavy (non-hydrogen) atoms. The maximum absolute atomic E-state index is 9.60. The van der Waals surface area contributed by atoms with Crippen molar-refractivity contribution in [3.63, 3.8) is 0 Å². The highest BCUT2D eigenvalue weighted by atomic mass is 35.5. The first-order chi connectivity index (χ1) is 9.00. The molecule has 0 radical (unpaired) electrons. The van der Waals surface area contributed by atoms with E-state index >= 15 is 0 Å². The second kappa shape index (κ2) is 6.15. The number of anilines is 1. The van der Waals surface area contributed by atoms with Crippen molar-refractivity contribution < 1.29 is 5.11 Å². The SMILES string of the molecule is CC1CCCCC1N(C)c1ccc([C@@H](C)O)cc1Cl. The fourth-order valence-corrected chi connectivity index (χ4v) is 3.44. The number of halogens is 1. The van der Waals surface area contributed by atoms with Gasteiger partial charge in [-0.2, -0.15) is 0 Å². The van der Waals surface area contributed by atoms with E-state index in [1.807, 2.05) is 18.2 Å². The van der Waals surface area contributed by atoms with Crippen LogP contribution >= 0.6 is 11.6 Å². The first-order valence-electron chi connectivity index (χ1n) is 7.21. The average molecular weight is 282 g/mol. The minimum Gasteiger partial charge on any atom is -0.389 e. The lowest BCUT2D eigenvalue weighted by molar-refractivity contribution is 0.199. The van der Waals surface area contributed by atoms with Crippen molar-refractivity contribution in [3.05, 3.63) is 28.8 Å². The topological polar surface area (TPSA) is 23.5 Å². The van der Waals surface area contributed by atoms with Crippen LogP contribution in [0.25, 0.3) is 0 Å². The van der Waals surface area contributed by atoms with Gasteiger partial charge in [0.2, 0.25) is 0 Å². The van der Waals surface area contributed by atoms with Crippen LogP contribution in [0.15, 0.2) is 18.2 Å². The molecule has 0 aliphatic heterocycles. The molecule has 2 unspecified atom stereocenters. The van der Waals surface area contributed by atoms with Crippen LogP contribution in [0.1, 0.15) is 51.2 Å². The highest BCUT2D eigenvalue weighted by Gasteiger charge is 2.26. The normalized spacial score (nSPS) is 25.1. The third-order valence-corrected chi connectivity index (χ3v) is 4.70. The lowest BCUT2D eigenvalue weighted by Gasteiger charge is -2.38. The van der Waals surface area contributed by atoms with E-state index in [1.165, 1.54) is 25.7 Å². The highest BCUT2D eigenvalue weighted by Crippen LogP contribution is 2.34. The molecule has 1 aromatic rings. The molecule has 0 spiro atoms. The fourth-order valence-electron chi connectivity index (χ4n) is 3.12. The lowest BCUT2D eigenvalue weighted by atomic mass is 9.85. The zero-order valence-electron chi connectivity index (χ0n) is 12.1. The maximum Gasteiger partial charge on any atom is 0.0762 e. The van der Waals surface area contributed by atoms with Gasteiger partial charge in [-0.15, -0.1) is 0 Å². The Morgan fingerprint density at radius 1 is 1.32 bits per heavy atom. The van der Waals surface area contributed by atoms with Gasteiger partial charge in [0, 0.05) is 13.1 Å². The quantitative estimate of drug-likeness (QED) is 0.887. The number of hydrogen-bond donors (Lipinski definition) is 1. The molecule has 0 heterocycles. The predicted octanol–water partition coefficient (Wildman–Crippen LogP) is 4.41. The molecule has 0 amide bonds. The van der Waals surface area contributed by atoms with Gasteiger partial charge >= 0.3 is 0 Å². The van der Waals surface area contributed by atoms with Crippen molar-refractivity contribution in [2.24, 2.45) is 5.92 Å². The van der Waals surface area contributed by atoms with Gasteiger partial charge in [0.15, 0.2) is 0 Å². The van der Waals surface area contributed by atoms with E-state index < -0.39 is 6.10 Å². The van der Waals surface area contributed by atoms with Gasteiger partial charge in [0.05, 0.1) is 16.8 Å². The number of aliphatic hydroxyl groups is 1. The minimum absolute atomic E-state index is 0.467. The maximum atomic E-state index is 9.60. The molecule has 3 atom stereocenters. The summed E-state index contributed by atoms with van der Waals surface area (Å²) < 4.78 is 0. The van der Waals surface area contributed by atoms with Crippen molar-refractivity contribution in [2.75, 3.05) is 11.9 Å². The first-order valence-corrected chi connectivity index (χ1v) is 7.59. The monoisotopic (exact) mass is 281 g/mol. The summed E-state index contributed by atoms with van der Waals surface area (Å²) in [6.07, 6.45) is 4.73. The molecular formula is C16H24ClNO. The molecule has 2 rings (SSSR count). The van der Waals surface area contributed by atoms with Gasteiger partial charge in [0.25, 0.3) is 0 Å². The second-order valence-corrected chi connectivity index (χ2v) is 6.23. The van der Waals surface area contributed by atoms with Gasteiger partial charge in [-0.25, -0.2) is 0 Å². The molecule has 106 valence electrons. The molecule has 2 nitrogen and oxygen atoms in total. The number of hydrogen-bond acceptors (Lipinski definition) is 2. The van der Waals surface area contributed by atoms with E-state index in [1.54, 1.807) is 6.92 Å². The summed E-state index contributed by atoms with van der Waals surface area (Å²) in [7, 11) is 2.13. The van der Waals surface area contributed by atoms with Crippen LogP contribution in [0.5, 0.6) is 0 Å². The number of benzene rings is 1. The Kier molecular flexibility index (Phi) is 4.75. The third-order valence-electron chi connectivity index (χ3n) is 4.40. The molecule has 0 bridgehead atoms. The zero-order chi connectivity index (χ0) is 14.0. The summed E-state index contributed by atoms with van der Waals surface area (Å²) in [5.41, 5.74) is 1.95. The van der Waals surface area contributed by atoms with Crippen molar-refractivity contribution >= 4 is 17.3 Å². The summed E-state index contributed by atoms with van der Waals surface area (Å²) >= 11 is 6.38. The van der Waals surface area contributed by atoms with Gasteiger partial charge in [-0.3, -0.25) is 0 Å². The van der Waals surface area contributed by atoms with Crippen molar-refractivity contribution in [1.29, 1.82) is 0 Å². The molecule has 0 aromatic heterocycles. The Balaban J connectivity index is 2.21. The molecule has 1 aliphatic carbocycles. The van der Waals surface area contributed by atoms with Crippen LogP contribution in [-0.4, -0.2) is 18.2 Å². The molecule has 1 N–H and O–H groups in total. The number of rotatable bonds is 3. The number of nitrogens with zero attached hydrogens (tertiary/aromatic N) is 1. The summed E-state index contributed by atoms with van der Waals surface area (Å²) in [4.78, 5) is 2.32. The molecule has 0 saturated heterocycles. The van der Waals surface area contributed by atoms with E-state index in [0.29, 0.717) is 12.0 Å². The van der Waals surface area contributed by atoms with Gasteiger partial charge < -0.3 is 10.0 Å². The predicted molar refractivity (Wildman–Crippen MR) is 81.9 cm³/mol. The Labute approximate surface area is 121 Å². The van der Waals surface area contributed by atoms with Crippen LogP contribution in [0, 0.1) is 5.92 Å². The summed E-state index contributed by atoms with van der Waals surface area (Å²) in [6, 6.07) is 6.45. The van der Waals surface area contributed by atoms with Crippen LogP contribution in [0.3, 0.4) is 0 Å².